The molecule has 2 heterocycles. The third-order valence-electron chi connectivity index (χ3n) is 4.38. The van der Waals surface area contributed by atoms with Crippen LogP contribution in [0.15, 0.2) is 53.4 Å². The first-order valence-corrected chi connectivity index (χ1v) is 10.1. The number of fused-ring (bicyclic) bond motifs is 1. The van der Waals surface area contributed by atoms with E-state index >= 15 is 0 Å². The fourth-order valence-electron chi connectivity index (χ4n) is 3.05. The van der Waals surface area contributed by atoms with E-state index in [1.54, 1.807) is 18.2 Å². The lowest BCUT2D eigenvalue weighted by atomic mass is 10.1. The van der Waals surface area contributed by atoms with E-state index in [-0.39, 0.29) is 23.6 Å². The predicted octanol–water partition coefficient (Wildman–Crippen LogP) is 2.84. The van der Waals surface area contributed by atoms with E-state index in [1.807, 2.05) is 37.3 Å². The molecule has 1 aromatic heterocycles. The van der Waals surface area contributed by atoms with Crippen molar-refractivity contribution in [3.8, 4) is 0 Å². The van der Waals surface area contributed by atoms with E-state index in [2.05, 4.69) is 8.75 Å². The molecule has 1 aliphatic rings. The number of ether oxygens (including phenoxy) is 1. The van der Waals surface area contributed by atoms with Crippen molar-refractivity contribution < 1.29 is 13.2 Å². The first-order chi connectivity index (χ1) is 12.1. The summed E-state index contributed by atoms with van der Waals surface area (Å²) in [6, 6.07) is 14.5. The maximum absolute atomic E-state index is 13.3. The van der Waals surface area contributed by atoms with Crippen molar-refractivity contribution in [2.45, 2.75) is 24.0 Å². The number of aromatic nitrogens is 2. The van der Waals surface area contributed by atoms with Gasteiger partial charge in [0.2, 0.25) is 10.0 Å². The molecule has 1 aliphatic heterocycles. The standard InChI is InChI=1S/C17H17N3O3S2/c1-12-11-23-15(13-6-3-2-4-7-13)10-20(12)25(21,22)16-9-5-8-14-17(16)19-24-18-14/h2-9,12,15H,10-11H2,1H3/t12-,15-/m1/s1. The van der Waals surface area contributed by atoms with Gasteiger partial charge in [-0.1, -0.05) is 36.4 Å². The van der Waals surface area contributed by atoms with Crippen LogP contribution in [-0.2, 0) is 14.8 Å². The van der Waals surface area contributed by atoms with Crippen LogP contribution in [0, 0.1) is 0 Å². The zero-order valence-electron chi connectivity index (χ0n) is 13.6. The van der Waals surface area contributed by atoms with E-state index in [0.29, 0.717) is 17.6 Å². The van der Waals surface area contributed by atoms with Crippen LogP contribution in [0.25, 0.3) is 11.0 Å². The number of rotatable bonds is 3. The molecule has 3 aromatic rings. The van der Waals surface area contributed by atoms with Crippen molar-refractivity contribution in [3.05, 3.63) is 54.1 Å². The minimum absolute atomic E-state index is 0.208. The Balaban J connectivity index is 1.72. The van der Waals surface area contributed by atoms with Gasteiger partial charge in [0, 0.05) is 12.6 Å². The van der Waals surface area contributed by atoms with Crippen LogP contribution in [0.1, 0.15) is 18.6 Å². The van der Waals surface area contributed by atoms with Crippen LogP contribution >= 0.6 is 11.7 Å². The monoisotopic (exact) mass is 375 g/mol. The highest BCUT2D eigenvalue weighted by atomic mass is 32.2. The quantitative estimate of drug-likeness (QED) is 0.704. The average Bonchev–Trinajstić information content (AvgIpc) is 3.11. The SMILES string of the molecule is C[C@@H]1CO[C@@H](c2ccccc2)CN1S(=O)(=O)c1cccc2nsnc12. The van der Waals surface area contributed by atoms with Crippen molar-refractivity contribution in [2.24, 2.45) is 0 Å². The van der Waals surface area contributed by atoms with Gasteiger partial charge >= 0.3 is 0 Å². The highest BCUT2D eigenvalue weighted by Crippen LogP contribution is 2.31. The number of sulfonamides is 1. The summed E-state index contributed by atoms with van der Waals surface area (Å²) in [5, 5.41) is 0. The number of benzene rings is 2. The maximum atomic E-state index is 13.3. The number of hydrogen-bond donors (Lipinski definition) is 0. The Kier molecular flexibility index (Phi) is 4.28. The van der Waals surface area contributed by atoms with Crippen molar-refractivity contribution in [2.75, 3.05) is 13.2 Å². The van der Waals surface area contributed by atoms with Gasteiger partial charge in [-0.15, -0.1) is 0 Å². The fraction of sp³-hybridized carbons (Fsp3) is 0.294. The molecule has 2 atom stereocenters. The molecule has 8 heteroatoms. The van der Waals surface area contributed by atoms with Gasteiger partial charge < -0.3 is 4.74 Å². The highest BCUT2D eigenvalue weighted by Gasteiger charge is 2.37. The van der Waals surface area contributed by atoms with Gasteiger partial charge in [-0.3, -0.25) is 0 Å². The minimum atomic E-state index is -3.69. The second kappa shape index (κ2) is 6.45. The summed E-state index contributed by atoms with van der Waals surface area (Å²) < 4.78 is 42.3. The molecule has 0 saturated carbocycles. The predicted molar refractivity (Wildman–Crippen MR) is 95.9 cm³/mol. The molecule has 4 rings (SSSR count). The second-order valence-electron chi connectivity index (χ2n) is 6.04. The summed E-state index contributed by atoms with van der Waals surface area (Å²) >= 11 is 1.02. The lowest BCUT2D eigenvalue weighted by molar-refractivity contribution is -0.0288. The molecule has 0 unspecified atom stereocenters. The minimum Gasteiger partial charge on any atom is -0.370 e. The van der Waals surface area contributed by atoms with Gasteiger partial charge in [0.05, 0.1) is 24.4 Å². The Bertz CT molecular complexity index is 989. The summed E-state index contributed by atoms with van der Waals surface area (Å²) in [4.78, 5) is 0.208. The van der Waals surface area contributed by atoms with E-state index in [9.17, 15) is 8.42 Å². The van der Waals surface area contributed by atoms with Crippen molar-refractivity contribution in [1.82, 2.24) is 13.1 Å². The molecule has 0 N–H and O–H groups in total. The topological polar surface area (TPSA) is 72.4 Å². The Morgan fingerprint density at radius 3 is 2.72 bits per heavy atom. The van der Waals surface area contributed by atoms with Gasteiger partial charge in [-0.25, -0.2) is 8.42 Å². The number of morpholine rings is 1. The fourth-order valence-corrected chi connectivity index (χ4v) is 5.43. The zero-order valence-corrected chi connectivity index (χ0v) is 15.2. The molecule has 0 bridgehead atoms. The average molecular weight is 375 g/mol. The molecule has 6 nitrogen and oxygen atoms in total. The zero-order chi connectivity index (χ0) is 17.4. The third kappa shape index (κ3) is 2.95. The van der Waals surface area contributed by atoms with E-state index in [4.69, 9.17) is 4.74 Å². The molecule has 1 fully saturated rings. The molecule has 0 radical (unpaired) electrons. The summed E-state index contributed by atoms with van der Waals surface area (Å²) in [6.07, 6.45) is -0.278. The van der Waals surface area contributed by atoms with Crippen molar-refractivity contribution in [3.63, 3.8) is 0 Å². The van der Waals surface area contributed by atoms with E-state index in [1.165, 1.54) is 4.31 Å². The van der Waals surface area contributed by atoms with E-state index in [0.717, 1.165) is 17.3 Å². The van der Waals surface area contributed by atoms with Crippen LogP contribution in [0.2, 0.25) is 0 Å². The summed E-state index contributed by atoms with van der Waals surface area (Å²) in [6.45, 7) is 2.49. The summed E-state index contributed by atoms with van der Waals surface area (Å²) in [5.41, 5.74) is 2.01. The van der Waals surface area contributed by atoms with Gasteiger partial charge in [0.15, 0.2) is 0 Å². The van der Waals surface area contributed by atoms with Crippen LogP contribution < -0.4 is 0 Å². The Morgan fingerprint density at radius 2 is 1.92 bits per heavy atom. The molecular formula is C17H17N3O3S2. The number of hydrogen-bond acceptors (Lipinski definition) is 6. The first kappa shape index (κ1) is 16.6. The van der Waals surface area contributed by atoms with Gasteiger partial charge in [0.1, 0.15) is 15.9 Å². The smallest absolute Gasteiger partial charge is 0.245 e. The summed E-state index contributed by atoms with van der Waals surface area (Å²) in [7, 11) is -3.69. The first-order valence-electron chi connectivity index (χ1n) is 7.97. The lowest BCUT2D eigenvalue weighted by Crippen LogP contribution is -2.48. The maximum Gasteiger partial charge on any atom is 0.245 e. The van der Waals surface area contributed by atoms with Gasteiger partial charge in [0.25, 0.3) is 0 Å². The number of nitrogens with zero attached hydrogens (tertiary/aromatic N) is 3. The lowest BCUT2D eigenvalue weighted by Gasteiger charge is -2.37. The Hall–Kier alpha value is -1.87. The molecular weight excluding hydrogens is 358 g/mol. The Labute approximate surface area is 150 Å². The molecule has 0 aliphatic carbocycles. The summed E-state index contributed by atoms with van der Waals surface area (Å²) in [5.74, 6) is 0. The normalized spacial score (nSPS) is 22.3. The Morgan fingerprint density at radius 1 is 1.12 bits per heavy atom. The van der Waals surface area contributed by atoms with Crippen LogP contribution in [0.5, 0.6) is 0 Å². The molecule has 25 heavy (non-hydrogen) atoms. The largest absolute Gasteiger partial charge is 0.370 e. The van der Waals surface area contributed by atoms with Crippen molar-refractivity contribution in [1.29, 1.82) is 0 Å². The van der Waals surface area contributed by atoms with Crippen LogP contribution in [0.4, 0.5) is 0 Å². The van der Waals surface area contributed by atoms with Crippen molar-refractivity contribution >= 4 is 32.8 Å². The van der Waals surface area contributed by atoms with E-state index < -0.39 is 10.0 Å². The van der Waals surface area contributed by atoms with Gasteiger partial charge in [-0.2, -0.15) is 13.1 Å². The molecule has 130 valence electrons. The molecule has 0 amide bonds. The molecule has 1 saturated heterocycles. The highest BCUT2D eigenvalue weighted by molar-refractivity contribution is 7.89. The second-order valence-corrected chi connectivity index (χ2v) is 8.43. The van der Waals surface area contributed by atoms with Gasteiger partial charge in [-0.05, 0) is 24.6 Å². The van der Waals surface area contributed by atoms with Crippen LogP contribution in [-0.4, -0.2) is 40.7 Å². The molecule has 2 aromatic carbocycles. The third-order valence-corrected chi connectivity index (χ3v) is 6.94. The molecule has 0 spiro atoms. The van der Waals surface area contributed by atoms with Crippen LogP contribution in [0.3, 0.4) is 0 Å².